The molecule has 0 spiro atoms. The predicted molar refractivity (Wildman–Crippen MR) is 75.3 cm³/mol. The van der Waals surface area contributed by atoms with Crippen LogP contribution in [0.5, 0.6) is 5.75 Å². The Morgan fingerprint density at radius 3 is 2.50 bits per heavy atom. The molecule has 1 aromatic rings. The molecule has 100 valence electrons. The number of aliphatic hydroxyl groups is 1. The Morgan fingerprint density at radius 1 is 1.22 bits per heavy atom. The summed E-state index contributed by atoms with van der Waals surface area (Å²) in [7, 11) is 0. The quantitative estimate of drug-likeness (QED) is 0.803. The first-order valence-corrected chi connectivity index (χ1v) is 7.31. The van der Waals surface area contributed by atoms with E-state index in [4.69, 9.17) is 5.73 Å². The van der Waals surface area contributed by atoms with Crippen LogP contribution in [-0.2, 0) is 0 Å². The van der Waals surface area contributed by atoms with Crippen molar-refractivity contribution >= 4 is 15.9 Å². The SMILES string of the molecule is N[C@@H](c1ccc(Br)cc1O)[C@H](O)C1CCCCC1. The van der Waals surface area contributed by atoms with Crippen molar-refractivity contribution in [1.29, 1.82) is 0 Å². The summed E-state index contributed by atoms with van der Waals surface area (Å²) in [6.45, 7) is 0. The third-order valence-electron chi connectivity index (χ3n) is 3.85. The molecule has 18 heavy (non-hydrogen) atoms. The van der Waals surface area contributed by atoms with Gasteiger partial charge in [-0.25, -0.2) is 0 Å². The average Bonchev–Trinajstić information content (AvgIpc) is 2.38. The molecule has 4 N–H and O–H groups in total. The maximum absolute atomic E-state index is 10.3. The van der Waals surface area contributed by atoms with Crippen molar-refractivity contribution in [2.75, 3.05) is 0 Å². The van der Waals surface area contributed by atoms with Crippen LogP contribution in [0, 0.1) is 5.92 Å². The number of aromatic hydroxyl groups is 1. The summed E-state index contributed by atoms with van der Waals surface area (Å²) < 4.78 is 0.808. The van der Waals surface area contributed by atoms with E-state index in [0.717, 1.165) is 17.3 Å². The first kappa shape index (κ1) is 13.8. The number of hydrogen-bond acceptors (Lipinski definition) is 3. The van der Waals surface area contributed by atoms with E-state index in [1.165, 1.54) is 19.3 Å². The Balaban J connectivity index is 2.11. The molecule has 0 saturated heterocycles. The second-order valence-electron chi connectivity index (χ2n) is 5.12. The molecule has 0 unspecified atom stereocenters. The van der Waals surface area contributed by atoms with Crippen LogP contribution in [0.2, 0.25) is 0 Å². The largest absolute Gasteiger partial charge is 0.508 e. The average molecular weight is 314 g/mol. The molecular formula is C14H20BrNO2. The fraction of sp³-hybridized carbons (Fsp3) is 0.571. The molecule has 1 aromatic carbocycles. The van der Waals surface area contributed by atoms with Gasteiger partial charge in [-0.2, -0.15) is 0 Å². The zero-order valence-corrected chi connectivity index (χ0v) is 11.9. The molecule has 4 heteroatoms. The molecule has 0 heterocycles. The van der Waals surface area contributed by atoms with Crippen molar-refractivity contribution in [2.45, 2.75) is 44.2 Å². The van der Waals surface area contributed by atoms with E-state index in [1.807, 2.05) is 6.07 Å². The van der Waals surface area contributed by atoms with Crippen LogP contribution in [-0.4, -0.2) is 16.3 Å². The van der Waals surface area contributed by atoms with Gasteiger partial charge in [0, 0.05) is 10.0 Å². The first-order valence-electron chi connectivity index (χ1n) is 6.51. The van der Waals surface area contributed by atoms with Crippen LogP contribution < -0.4 is 5.73 Å². The van der Waals surface area contributed by atoms with Gasteiger partial charge in [0.2, 0.25) is 0 Å². The summed E-state index contributed by atoms with van der Waals surface area (Å²) in [6.07, 6.45) is 5.08. The zero-order chi connectivity index (χ0) is 13.1. The van der Waals surface area contributed by atoms with Crippen molar-refractivity contribution in [2.24, 2.45) is 11.7 Å². The van der Waals surface area contributed by atoms with E-state index in [2.05, 4.69) is 15.9 Å². The molecule has 0 aromatic heterocycles. The molecule has 1 aliphatic rings. The Labute approximate surface area is 116 Å². The standard InChI is InChI=1S/C14H20BrNO2/c15-10-6-7-11(12(17)8-10)13(16)14(18)9-4-2-1-3-5-9/h6-9,13-14,17-18H,1-5,16H2/t13-,14+/m0/s1. The molecule has 2 atom stereocenters. The maximum Gasteiger partial charge on any atom is 0.121 e. The van der Waals surface area contributed by atoms with E-state index in [0.29, 0.717) is 5.56 Å². The molecule has 1 saturated carbocycles. The highest BCUT2D eigenvalue weighted by Gasteiger charge is 2.28. The van der Waals surface area contributed by atoms with Gasteiger partial charge in [0.1, 0.15) is 5.75 Å². The lowest BCUT2D eigenvalue weighted by Gasteiger charge is -2.30. The lowest BCUT2D eigenvalue weighted by Crippen LogP contribution is -2.34. The monoisotopic (exact) mass is 313 g/mol. The second-order valence-corrected chi connectivity index (χ2v) is 6.03. The minimum Gasteiger partial charge on any atom is -0.508 e. The van der Waals surface area contributed by atoms with Crippen LogP contribution in [0.25, 0.3) is 0 Å². The summed E-state index contributed by atoms with van der Waals surface area (Å²) in [4.78, 5) is 0. The van der Waals surface area contributed by atoms with E-state index < -0.39 is 12.1 Å². The summed E-state index contributed by atoms with van der Waals surface area (Å²) in [6, 6.07) is 4.71. The van der Waals surface area contributed by atoms with Crippen molar-refractivity contribution in [3.05, 3.63) is 28.2 Å². The molecule has 1 aliphatic carbocycles. The number of phenols is 1. The summed E-state index contributed by atoms with van der Waals surface area (Å²) >= 11 is 3.30. The number of benzene rings is 1. The molecule has 2 rings (SSSR count). The van der Waals surface area contributed by atoms with Crippen molar-refractivity contribution < 1.29 is 10.2 Å². The van der Waals surface area contributed by atoms with Gasteiger partial charge in [-0.1, -0.05) is 41.3 Å². The molecule has 0 amide bonds. The van der Waals surface area contributed by atoms with E-state index in [-0.39, 0.29) is 11.7 Å². The van der Waals surface area contributed by atoms with Gasteiger partial charge in [0.15, 0.2) is 0 Å². The number of nitrogens with two attached hydrogens (primary N) is 1. The summed E-state index contributed by atoms with van der Waals surface area (Å²) in [5.41, 5.74) is 6.72. The Bertz CT molecular complexity index is 405. The van der Waals surface area contributed by atoms with Gasteiger partial charge >= 0.3 is 0 Å². The Morgan fingerprint density at radius 2 is 1.89 bits per heavy atom. The van der Waals surface area contributed by atoms with Gasteiger partial charge in [-0.15, -0.1) is 0 Å². The van der Waals surface area contributed by atoms with Crippen LogP contribution in [0.15, 0.2) is 22.7 Å². The number of phenolic OH excluding ortho intramolecular Hbond substituents is 1. The third kappa shape index (κ3) is 3.05. The normalized spacial score (nSPS) is 20.6. The third-order valence-corrected chi connectivity index (χ3v) is 4.35. The highest BCUT2D eigenvalue weighted by molar-refractivity contribution is 9.10. The lowest BCUT2D eigenvalue weighted by atomic mass is 9.81. The van der Waals surface area contributed by atoms with Crippen LogP contribution in [0.3, 0.4) is 0 Å². The van der Waals surface area contributed by atoms with Crippen LogP contribution in [0.4, 0.5) is 0 Å². The molecule has 0 radical (unpaired) electrons. The van der Waals surface area contributed by atoms with Crippen molar-refractivity contribution in [3.8, 4) is 5.75 Å². The van der Waals surface area contributed by atoms with Gasteiger partial charge in [0.25, 0.3) is 0 Å². The molecule has 3 nitrogen and oxygen atoms in total. The zero-order valence-electron chi connectivity index (χ0n) is 10.3. The fourth-order valence-corrected chi connectivity index (χ4v) is 3.10. The van der Waals surface area contributed by atoms with Gasteiger partial charge < -0.3 is 15.9 Å². The van der Waals surface area contributed by atoms with Gasteiger partial charge in [0.05, 0.1) is 12.1 Å². The maximum atomic E-state index is 10.3. The van der Waals surface area contributed by atoms with Crippen molar-refractivity contribution in [3.63, 3.8) is 0 Å². The molecular weight excluding hydrogens is 294 g/mol. The summed E-state index contributed by atoms with van der Waals surface area (Å²) in [5.74, 6) is 0.406. The van der Waals surface area contributed by atoms with Gasteiger partial charge in [-0.05, 0) is 30.9 Å². The molecule has 0 aliphatic heterocycles. The number of rotatable bonds is 3. The Kier molecular flexibility index (Phi) is 4.65. The molecule has 0 bridgehead atoms. The van der Waals surface area contributed by atoms with E-state index >= 15 is 0 Å². The summed E-state index contributed by atoms with van der Waals surface area (Å²) in [5, 5.41) is 20.2. The van der Waals surface area contributed by atoms with E-state index in [1.54, 1.807) is 12.1 Å². The number of hydrogen-bond donors (Lipinski definition) is 3. The fourth-order valence-electron chi connectivity index (χ4n) is 2.75. The van der Waals surface area contributed by atoms with Gasteiger partial charge in [-0.3, -0.25) is 0 Å². The predicted octanol–water partition coefficient (Wildman–Crippen LogP) is 3.10. The number of aliphatic hydroxyl groups excluding tert-OH is 1. The van der Waals surface area contributed by atoms with E-state index in [9.17, 15) is 10.2 Å². The molecule has 1 fully saturated rings. The first-order chi connectivity index (χ1) is 8.59. The second kappa shape index (κ2) is 6.04. The minimum absolute atomic E-state index is 0.145. The smallest absolute Gasteiger partial charge is 0.121 e. The highest BCUT2D eigenvalue weighted by Crippen LogP contribution is 2.34. The van der Waals surface area contributed by atoms with Crippen LogP contribution in [0.1, 0.15) is 43.7 Å². The lowest BCUT2D eigenvalue weighted by molar-refractivity contribution is 0.0611. The number of halogens is 1. The highest BCUT2D eigenvalue weighted by atomic mass is 79.9. The Hall–Kier alpha value is -0.580. The topological polar surface area (TPSA) is 66.5 Å². The van der Waals surface area contributed by atoms with Crippen LogP contribution >= 0.6 is 15.9 Å². The minimum atomic E-state index is -0.572. The van der Waals surface area contributed by atoms with Crippen molar-refractivity contribution in [1.82, 2.24) is 0 Å².